The molecule has 2 atom stereocenters. The number of carbonyl (C=O) groups is 1. The zero-order valence-corrected chi connectivity index (χ0v) is 9.85. The number of aromatic hydroxyl groups is 1. The molecule has 92 valence electrons. The number of rotatable bonds is 2. The third kappa shape index (κ3) is 2.58. The Labute approximate surface area is 101 Å². The van der Waals surface area contributed by atoms with E-state index < -0.39 is 0 Å². The third-order valence-corrected chi connectivity index (χ3v) is 3.19. The summed E-state index contributed by atoms with van der Waals surface area (Å²) in [6.45, 7) is 0.883. The van der Waals surface area contributed by atoms with E-state index in [0.29, 0.717) is 0 Å². The van der Waals surface area contributed by atoms with Gasteiger partial charge in [-0.25, -0.2) is 0 Å². The van der Waals surface area contributed by atoms with Crippen molar-refractivity contribution < 1.29 is 14.6 Å². The Kier molecular flexibility index (Phi) is 3.64. The van der Waals surface area contributed by atoms with Crippen molar-refractivity contribution >= 4 is 5.97 Å². The molecule has 1 saturated heterocycles. The van der Waals surface area contributed by atoms with Crippen molar-refractivity contribution in [2.24, 2.45) is 5.92 Å². The largest absolute Gasteiger partial charge is 0.508 e. The molecule has 2 N–H and O–H groups in total. The predicted octanol–water partition coefficient (Wildman–Crippen LogP) is 1.61. The van der Waals surface area contributed by atoms with Gasteiger partial charge in [0.15, 0.2) is 0 Å². The van der Waals surface area contributed by atoms with E-state index in [4.69, 9.17) is 4.74 Å². The number of phenolic OH excluding ortho intramolecular Hbond substituents is 1. The fraction of sp³-hybridized carbons (Fsp3) is 0.462. The lowest BCUT2D eigenvalue weighted by Crippen LogP contribution is -2.38. The van der Waals surface area contributed by atoms with Crippen LogP contribution in [0.5, 0.6) is 5.75 Å². The van der Waals surface area contributed by atoms with E-state index in [1.807, 2.05) is 6.07 Å². The summed E-state index contributed by atoms with van der Waals surface area (Å²) in [5.41, 5.74) is 0.931. The molecule has 0 bridgehead atoms. The molecule has 1 aromatic carbocycles. The predicted molar refractivity (Wildman–Crippen MR) is 63.6 cm³/mol. The number of hydrogen-bond donors (Lipinski definition) is 2. The van der Waals surface area contributed by atoms with Crippen molar-refractivity contribution in [2.45, 2.75) is 18.9 Å². The van der Waals surface area contributed by atoms with Gasteiger partial charge in [-0.3, -0.25) is 4.79 Å². The van der Waals surface area contributed by atoms with Gasteiger partial charge in [0.1, 0.15) is 5.75 Å². The number of benzene rings is 1. The summed E-state index contributed by atoms with van der Waals surface area (Å²) in [4.78, 5) is 11.7. The highest BCUT2D eigenvalue weighted by molar-refractivity contribution is 5.73. The summed E-state index contributed by atoms with van der Waals surface area (Å²) in [6, 6.07) is 6.95. The van der Waals surface area contributed by atoms with Gasteiger partial charge < -0.3 is 15.2 Å². The molecule has 2 unspecified atom stereocenters. The standard InChI is InChI=1S/C13H17NO3/c1-17-13(16)11-6-3-7-14-12(11)9-4-2-5-10(15)8-9/h2,4-5,8,11-12,14-15H,3,6-7H2,1H3. The summed E-state index contributed by atoms with van der Waals surface area (Å²) in [6.07, 6.45) is 1.79. The van der Waals surface area contributed by atoms with Gasteiger partial charge in [-0.1, -0.05) is 12.1 Å². The van der Waals surface area contributed by atoms with Crippen molar-refractivity contribution in [1.82, 2.24) is 5.32 Å². The van der Waals surface area contributed by atoms with Crippen LogP contribution in [0.4, 0.5) is 0 Å². The second kappa shape index (κ2) is 5.19. The molecule has 0 aromatic heterocycles. The minimum Gasteiger partial charge on any atom is -0.508 e. The Morgan fingerprint density at radius 3 is 3.06 bits per heavy atom. The van der Waals surface area contributed by atoms with Crippen molar-refractivity contribution in [3.63, 3.8) is 0 Å². The zero-order chi connectivity index (χ0) is 12.3. The van der Waals surface area contributed by atoms with E-state index in [0.717, 1.165) is 24.9 Å². The fourth-order valence-corrected chi connectivity index (χ4v) is 2.36. The Bertz CT molecular complexity index is 405. The van der Waals surface area contributed by atoms with Crippen LogP contribution in [0.1, 0.15) is 24.4 Å². The van der Waals surface area contributed by atoms with Crippen LogP contribution in [0, 0.1) is 5.92 Å². The maximum absolute atomic E-state index is 11.7. The van der Waals surface area contributed by atoms with E-state index in [1.165, 1.54) is 7.11 Å². The van der Waals surface area contributed by atoms with Crippen molar-refractivity contribution in [3.05, 3.63) is 29.8 Å². The molecular weight excluding hydrogens is 218 g/mol. The number of ether oxygens (including phenoxy) is 1. The topological polar surface area (TPSA) is 58.6 Å². The molecule has 4 nitrogen and oxygen atoms in total. The maximum Gasteiger partial charge on any atom is 0.310 e. The van der Waals surface area contributed by atoms with Gasteiger partial charge in [0.2, 0.25) is 0 Å². The van der Waals surface area contributed by atoms with Gasteiger partial charge in [-0.05, 0) is 37.1 Å². The molecule has 1 aromatic rings. The Morgan fingerprint density at radius 1 is 1.53 bits per heavy atom. The van der Waals surface area contributed by atoms with Crippen LogP contribution in [-0.2, 0) is 9.53 Å². The first-order chi connectivity index (χ1) is 8.22. The van der Waals surface area contributed by atoms with Crippen LogP contribution in [0.15, 0.2) is 24.3 Å². The summed E-state index contributed by atoms with van der Waals surface area (Å²) in [5, 5.41) is 12.8. The smallest absolute Gasteiger partial charge is 0.310 e. The molecule has 17 heavy (non-hydrogen) atoms. The summed E-state index contributed by atoms with van der Waals surface area (Å²) in [5.74, 6) is -0.139. The van der Waals surface area contributed by atoms with Gasteiger partial charge in [-0.2, -0.15) is 0 Å². The minimum absolute atomic E-state index is 0.0664. The number of methoxy groups -OCH3 is 1. The minimum atomic E-state index is -0.189. The number of hydrogen-bond acceptors (Lipinski definition) is 4. The molecule has 1 aliphatic heterocycles. The second-order valence-corrected chi connectivity index (χ2v) is 4.30. The van der Waals surface area contributed by atoms with Gasteiger partial charge >= 0.3 is 5.97 Å². The number of carbonyl (C=O) groups excluding carboxylic acids is 1. The van der Waals surface area contributed by atoms with E-state index >= 15 is 0 Å². The molecule has 4 heteroatoms. The van der Waals surface area contributed by atoms with Crippen molar-refractivity contribution in [2.75, 3.05) is 13.7 Å². The van der Waals surface area contributed by atoms with Gasteiger partial charge in [-0.15, -0.1) is 0 Å². The molecule has 0 aliphatic carbocycles. The molecule has 0 amide bonds. The second-order valence-electron chi connectivity index (χ2n) is 4.30. The highest BCUT2D eigenvalue weighted by Gasteiger charge is 2.32. The molecule has 1 fully saturated rings. The molecule has 0 saturated carbocycles. The van der Waals surface area contributed by atoms with E-state index in [9.17, 15) is 9.90 Å². The Balaban J connectivity index is 2.24. The summed E-state index contributed by atoms with van der Waals surface area (Å²) >= 11 is 0. The number of piperidine rings is 1. The lowest BCUT2D eigenvalue weighted by Gasteiger charge is -2.31. The highest BCUT2D eigenvalue weighted by Crippen LogP contribution is 2.31. The SMILES string of the molecule is COC(=O)C1CCCNC1c1cccc(O)c1. The van der Waals surface area contributed by atoms with Crippen LogP contribution in [-0.4, -0.2) is 24.7 Å². The fourth-order valence-electron chi connectivity index (χ4n) is 2.36. The van der Waals surface area contributed by atoms with Gasteiger partial charge in [0.25, 0.3) is 0 Å². The van der Waals surface area contributed by atoms with E-state index in [1.54, 1.807) is 18.2 Å². The average molecular weight is 235 g/mol. The normalized spacial score (nSPS) is 24.3. The molecule has 1 aliphatic rings. The highest BCUT2D eigenvalue weighted by atomic mass is 16.5. The van der Waals surface area contributed by atoms with Crippen molar-refractivity contribution in [1.29, 1.82) is 0 Å². The summed E-state index contributed by atoms with van der Waals surface area (Å²) in [7, 11) is 1.41. The molecule has 2 rings (SSSR count). The molecule has 0 spiro atoms. The first-order valence-electron chi connectivity index (χ1n) is 5.82. The van der Waals surface area contributed by atoms with Gasteiger partial charge in [0.05, 0.1) is 13.0 Å². The van der Waals surface area contributed by atoms with Crippen LogP contribution < -0.4 is 5.32 Å². The van der Waals surface area contributed by atoms with Crippen LogP contribution in [0.25, 0.3) is 0 Å². The quantitative estimate of drug-likeness (QED) is 0.764. The molecule has 0 radical (unpaired) electrons. The first kappa shape index (κ1) is 11.9. The zero-order valence-electron chi connectivity index (χ0n) is 9.85. The number of esters is 1. The average Bonchev–Trinajstić information content (AvgIpc) is 2.38. The van der Waals surface area contributed by atoms with Crippen LogP contribution in [0.2, 0.25) is 0 Å². The monoisotopic (exact) mass is 235 g/mol. The van der Waals surface area contributed by atoms with E-state index in [2.05, 4.69) is 5.32 Å². The van der Waals surface area contributed by atoms with Crippen LogP contribution >= 0.6 is 0 Å². The molecule has 1 heterocycles. The number of nitrogens with one attached hydrogen (secondary N) is 1. The molecular formula is C13H17NO3. The van der Waals surface area contributed by atoms with Crippen LogP contribution in [0.3, 0.4) is 0 Å². The Morgan fingerprint density at radius 2 is 2.35 bits per heavy atom. The lowest BCUT2D eigenvalue weighted by molar-refractivity contribution is -0.147. The lowest BCUT2D eigenvalue weighted by atomic mass is 9.86. The van der Waals surface area contributed by atoms with Crippen molar-refractivity contribution in [3.8, 4) is 5.75 Å². The maximum atomic E-state index is 11.7. The first-order valence-corrected chi connectivity index (χ1v) is 5.82. The summed E-state index contributed by atoms with van der Waals surface area (Å²) < 4.78 is 4.83. The Hall–Kier alpha value is -1.55. The third-order valence-electron chi connectivity index (χ3n) is 3.19. The van der Waals surface area contributed by atoms with Gasteiger partial charge in [0, 0.05) is 6.04 Å². The number of phenols is 1. The van der Waals surface area contributed by atoms with E-state index in [-0.39, 0.29) is 23.7 Å².